The molecule has 0 aliphatic rings. The lowest BCUT2D eigenvalue weighted by atomic mass is 10.1. The smallest absolute Gasteiger partial charge is 0.142 e. The number of hydrogen-bond acceptors (Lipinski definition) is 2. The van der Waals surface area contributed by atoms with Gasteiger partial charge in [-0.05, 0) is 30.9 Å². The Bertz CT molecular complexity index is 330. The molecular weight excluding hydrogens is 224 g/mol. The molecule has 2 heteroatoms. The zero-order valence-electron chi connectivity index (χ0n) is 10.9. The van der Waals surface area contributed by atoms with Crippen LogP contribution in [0.25, 0.3) is 0 Å². The van der Waals surface area contributed by atoms with E-state index in [4.69, 9.17) is 4.74 Å². The Morgan fingerprint density at radius 2 is 1.78 bits per heavy atom. The summed E-state index contributed by atoms with van der Waals surface area (Å²) in [5, 5.41) is 0. The van der Waals surface area contributed by atoms with Crippen LogP contribution in [0.15, 0.2) is 42.5 Å². The fraction of sp³-hybridized carbons (Fsp3) is 0.438. The van der Waals surface area contributed by atoms with Gasteiger partial charge in [0.15, 0.2) is 0 Å². The summed E-state index contributed by atoms with van der Waals surface area (Å²) >= 11 is 0. The Kier molecular flexibility index (Phi) is 8.73. The van der Waals surface area contributed by atoms with Gasteiger partial charge in [-0.1, -0.05) is 49.2 Å². The van der Waals surface area contributed by atoms with Gasteiger partial charge >= 0.3 is 0 Å². The van der Waals surface area contributed by atoms with E-state index >= 15 is 0 Å². The van der Waals surface area contributed by atoms with E-state index in [0.717, 1.165) is 32.2 Å². The molecule has 0 atom stereocenters. The third-order valence-corrected chi connectivity index (χ3v) is 2.74. The fourth-order valence-corrected chi connectivity index (χ4v) is 1.74. The highest BCUT2D eigenvalue weighted by Gasteiger charge is 1.92. The second kappa shape index (κ2) is 10.7. The van der Waals surface area contributed by atoms with Crippen molar-refractivity contribution >= 4 is 6.29 Å². The van der Waals surface area contributed by atoms with Crippen LogP contribution >= 0.6 is 0 Å². The first-order valence-corrected chi connectivity index (χ1v) is 6.65. The number of allylic oxidation sites excluding steroid dienone is 2. The van der Waals surface area contributed by atoms with Crippen LogP contribution in [-0.2, 0) is 16.1 Å². The van der Waals surface area contributed by atoms with Crippen molar-refractivity contribution < 1.29 is 9.53 Å². The molecule has 18 heavy (non-hydrogen) atoms. The van der Waals surface area contributed by atoms with Gasteiger partial charge in [0.05, 0.1) is 6.61 Å². The molecule has 0 bridgehead atoms. The summed E-state index contributed by atoms with van der Waals surface area (Å²) < 4.78 is 5.60. The summed E-state index contributed by atoms with van der Waals surface area (Å²) in [6.07, 6.45) is 10.0. The monoisotopic (exact) mass is 246 g/mol. The minimum Gasteiger partial charge on any atom is -0.377 e. The molecule has 1 rings (SSSR count). The van der Waals surface area contributed by atoms with E-state index in [1.807, 2.05) is 24.3 Å². The Balaban J connectivity index is 1.87. The highest BCUT2D eigenvalue weighted by Crippen LogP contribution is 2.05. The molecule has 1 aromatic rings. The lowest BCUT2D eigenvalue weighted by molar-refractivity contribution is -0.104. The van der Waals surface area contributed by atoms with Gasteiger partial charge in [-0.15, -0.1) is 0 Å². The van der Waals surface area contributed by atoms with E-state index in [1.165, 1.54) is 18.4 Å². The van der Waals surface area contributed by atoms with Gasteiger partial charge in [0.1, 0.15) is 6.29 Å². The maximum absolute atomic E-state index is 10.0. The standard InChI is InChI=1S/C16H22O2/c17-13-9-4-2-1-3-5-10-14-18-15-16-11-7-6-8-12-16/h4,6-9,11-13H,1-3,5,10,14-15H2. The Morgan fingerprint density at radius 3 is 2.56 bits per heavy atom. The SMILES string of the molecule is O=CC=CCCCCCCOCc1ccccc1. The summed E-state index contributed by atoms with van der Waals surface area (Å²) in [5.74, 6) is 0. The maximum Gasteiger partial charge on any atom is 0.142 e. The molecule has 0 aliphatic carbocycles. The predicted molar refractivity (Wildman–Crippen MR) is 74.4 cm³/mol. The van der Waals surface area contributed by atoms with Crippen molar-refractivity contribution in [2.45, 2.75) is 38.7 Å². The third kappa shape index (κ3) is 7.80. The number of carbonyl (C=O) groups excluding carboxylic acids is 1. The largest absolute Gasteiger partial charge is 0.377 e. The number of carbonyl (C=O) groups is 1. The van der Waals surface area contributed by atoms with Gasteiger partial charge in [0.2, 0.25) is 0 Å². The molecule has 0 heterocycles. The van der Waals surface area contributed by atoms with Crippen molar-refractivity contribution in [3.05, 3.63) is 48.0 Å². The Labute approximate surface area is 110 Å². The van der Waals surface area contributed by atoms with Crippen molar-refractivity contribution in [2.24, 2.45) is 0 Å². The van der Waals surface area contributed by atoms with Crippen molar-refractivity contribution in [1.82, 2.24) is 0 Å². The molecule has 1 aromatic carbocycles. The van der Waals surface area contributed by atoms with E-state index in [2.05, 4.69) is 12.1 Å². The molecule has 0 fully saturated rings. The quantitative estimate of drug-likeness (QED) is 0.355. The third-order valence-electron chi connectivity index (χ3n) is 2.74. The molecular formula is C16H22O2. The number of ether oxygens (including phenoxy) is 1. The van der Waals surface area contributed by atoms with Gasteiger partial charge in [-0.2, -0.15) is 0 Å². The fourth-order valence-electron chi connectivity index (χ4n) is 1.74. The number of rotatable bonds is 10. The topological polar surface area (TPSA) is 26.3 Å². The second-order valence-electron chi connectivity index (χ2n) is 4.31. The van der Waals surface area contributed by atoms with E-state index in [-0.39, 0.29) is 0 Å². The van der Waals surface area contributed by atoms with Crippen LogP contribution in [0.3, 0.4) is 0 Å². The minimum absolute atomic E-state index is 0.711. The first-order valence-electron chi connectivity index (χ1n) is 6.65. The molecule has 2 nitrogen and oxygen atoms in total. The van der Waals surface area contributed by atoms with Gasteiger partial charge < -0.3 is 4.74 Å². The van der Waals surface area contributed by atoms with Crippen LogP contribution in [-0.4, -0.2) is 12.9 Å². The van der Waals surface area contributed by atoms with Gasteiger partial charge in [0.25, 0.3) is 0 Å². The first-order chi connectivity index (χ1) is 8.93. The highest BCUT2D eigenvalue weighted by atomic mass is 16.5. The Hall–Kier alpha value is -1.41. The first kappa shape index (κ1) is 14.7. The van der Waals surface area contributed by atoms with Crippen LogP contribution < -0.4 is 0 Å². The van der Waals surface area contributed by atoms with Crippen LogP contribution in [0.1, 0.15) is 37.7 Å². The zero-order valence-corrected chi connectivity index (χ0v) is 10.9. The highest BCUT2D eigenvalue weighted by molar-refractivity contribution is 5.64. The van der Waals surface area contributed by atoms with Crippen molar-refractivity contribution in [3.8, 4) is 0 Å². The number of unbranched alkanes of at least 4 members (excludes halogenated alkanes) is 4. The van der Waals surface area contributed by atoms with Crippen molar-refractivity contribution in [1.29, 1.82) is 0 Å². The van der Waals surface area contributed by atoms with Crippen LogP contribution in [0.2, 0.25) is 0 Å². The van der Waals surface area contributed by atoms with E-state index in [0.29, 0.717) is 6.61 Å². The molecule has 0 radical (unpaired) electrons. The van der Waals surface area contributed by atoms with Crippen LogP contribution in [0, 0.1) is 0 Å². The molecule has 0 N–H and O–H groups in total. The molecule has 0 saturated carbocycles. The molecule has 0 aromatic heterocycles. The molecule has 98 valence electrons. The number of hydrogen-bond donors (Lipinski definition) is 0. The molecule has 0 spiro atoms. The zero-order chi connectivity index (χ0) is 12.9. The summed E-state index contributed by atoms with van der Waals surface area (Å²) in [6.45, 7) is 1.54. The van der Waals surface area contributed by atoms with Gasteiger partial charge in [-0.3, -0.25) is 4.79 Å². The van der Waals surface area contributed by atoms with E-state index in [1.54, 1.807) is 6.08 Å². The number of aldehydes is 1. The summed E-state index contributed by atoms with van der Waals surface area (Å²) in [5.41, 5.74) is 1.23. The van der Waals surface area contributed by atoms with Crippen LogP contribution in [0.5, 0.6) is 0 Å². The number of benzene rings is 1. The van der Waals surface area contributed by atoms with Gasteiger partial charge in [-0.25, -0.2) is 0 Å². The van der Waals surface area contributed by atoms with E-state index in [9.17, 15) is 4.79 Å². The lowest BCUT2D eigenvalue weighted by Gasteiger charge is -2.04. The minimum atomic E-state index is 0.711. The lowest BCUT2D eigenvalue weighted by Crippen LogP contribution is -1.95. The van der Waals surface area contributed by atoms with Crippen molar-refractivity contribution in [2.75, 3.05) is 6.61 Å². The summed E-state index contributed by atoms with van der Waals surface area (Å²) in [7, 11) is 0. The summed E-state index contributed by atoms with van der Waals surface area (Å²) in [6, 6.07) is 10.2. The maximum atomic E-state index is 10.0. The molecule has 0 amide bonds. The normalized spacial score (nSPS) is 10.9. The van der Waals surface area contributed by atoms with E-state index < -0.39 is 0 Å². The Morgan fingerprint density at radius 1 is 1.00 bits per heavy atom. The predicted octanol–water partition coefficient (Wildman–Crippen LogP) is 3.91. The molecule has 0 unspecified atom stereocenters. The summed E-state index contributed by atoms with van der Waals surface area (Å²) in [4.78, 5) is 10.0. The second-order valence-corrected chi connectivity index (χ2v) is 4.31. The average Bonchev–Trinajstić information content (AvgIpc) is 2.42. The molecule has 0 aliphatic heterocycles. The molecule has 0 saturated heterocycles. The van der Waals surface area contributed by atoms with Crippen LogP contribution in [0.4, 0.5) is 0 Å². The van der Waals surface area contributed by atoms with Gasteiger partial charge in [0, 0.05) is 6.61 Å². The van der Waals surface area contributed by atoms with Crippen molar-refractivity contribution in [3.63, 3.8) is 0 Å². The average molecular weight is 246 g/mol.